The van der Waals surface area contributed by atoms with Gasteiger partial charge in [0.2, 0.25) is 0 Å². The van der Waals surface area contributed by atoms with Crippen LogP contribution in [-0.2, 0) is 0 Å². The van der Waals surface area contributed by atoms with Crippen molar-refractivity contribution in [2.75, 3.05) is 13.2 Å². The Morgan fingerprint density at radius 2 is 2.05 bits per heavy atom. The molecule has 2 rings (SSSR count). The van der Waals surface area contributed by atoms with Crippen LogP contribution >= 0.6 is 0 Å². The molecule has 0 aromatic heterocycles. The van der Waals surface area contributed by atoms with Crippen LogP contribution in [0.5, 0.6) is 5.75 Å². The zero-order chi connectivity index (χ0) is 13.7. The number of hydrazine groups is 1. The highest BCUT2D eigenvalue weighted by atomic mass is 16.5. The predicted molar refractivity (Wildman–Crippen MR) is 75.9 cm³/mol. The van der Waals surface area contributed by atoms with Crippen LogP contribution in [0.2, 0.25) is 0 Å². The fourth-order valence-electron chi connectivity index (χ4n) is 2.49. The summed E-state index contributed by atoms with van der Waals surface area (Å²) in [5.41, 5.74) is 7.58. The molecule has 1 saturated heterocycles. The average Bonchev–Trinajstić information content (AvgIpc) is 2.80. The lowest BCUT2D eigenvalue weighted by molar-refractivity contribution is 0.202. The van der Waals surface area contributed by atoms with Gasteiger partial charge in [0.05, 0.1) is 12.6 Å². The van der Waals surface area contributed by atoms with Crippen LogP contribution in [-0.4, -0.2) is 24.4 Å². The molecule has 0 spiro atoms. The highest BCUT2D eigenvalue weighted by Gasteiger charge is 2.34. The van der Waals surface area contributed by atoms with Gasteiger partial charge in [-0.25, -0.2) is 5.43 Å². The number of benzene rings is 1. The number of para-hydroxylation sites is 1. The first-order valence-corrected chi connectivity index (χ1v) is 7.11. The summed E-state index contributed by atoms with van der Waals surface area (Å²) in [7, 11) is 0. The Morgan fingerprint density at radius 3 is 2.79 bits per heavy atom. The normalized spacial score (nSPS) is 26.6. The Labute approximate surface area is 115 Å². The highest BCUT2D eigenvalue weighted by Crippen LogP contribution is 2.34. The van der Waals surface area contributed by atoms with Crippen molar-refractivity contribution >= 4 is 0 Å². The first-order valence-electron chi connectivity index (χ1n) is 7.11. The van der Waals surface area contributed by atoms with E-state index in [0.717, 1.165) is 30.8 Å². The smallest absolute Gasteiger partial charge is 0.124 e. The first-order chi connectivity index (χ1) is 9.27. The number of ether oxygens (including phenoxy) is 1. The standard InChI is InChI=1S/C15H24N2O2/c1-3-4-9-19-14-8-6-5-7-12(14)15-13(10-18)11(2)16-17-15/h5-8,11,13,15-18H,3-4,9-10H2,1-2H3. The van der Waals surface area contributed by atoms with Gasteiger partial charge in [-0.1, -0.05) is 31.5 Å². The summed E-state index contributed by atoms with van der Waals surface area (Å²) in [6, 6.07) is 8.42. The first kappa shape index (κ1) is 14.3. The second-order valence-corrected chi connectivity index (χ2v) is 5.14. The molecule has 3 unspecified atom stereocenters. The van der Waals surface area contributed by atoms with Crippen molar-refractivity contribution in [3.05, 3.63) is 29.8 Å². The molecule has 0 saturated carbocycles. The summed E-state index contributed by atoms with van der Waals surface area (Å²) >= 11 is 0. The molecule has 1 fully saturated rings. The van der Waals surface area contributed by atoms with Crippen molar-refractivity contribution < 1.29 is 9.84 Å². The second-order valence-electron chi connectivity index (χ2n) is 5.14. The fraction of sp³-hybridized carbons (Fsp3) is 0.600. The molecular formula is C15H24N2O2. The van der Waals surface area contributed by atoms with Crippen molar-refractivity contribution in [3.8, 4) is 5.75 Å². The third-order valence-electron chi connectivity index (χ3n) is 3.76. The molecule has 1 aliphatic heterocycles. The highest BCUT2D eigenvalue weighted by molar-refractivity contribution is 5.37. The van der Waals surface area contributed by atoms with Crippen LogP contribution in [0, 0.1) is 5.92 Å². The molecule has 1 heterocycles. The van der Waals surface area contributed by atoms with Gasteiger partial charge >= 0.3 is 0 Å². The minimum Gasteiger partial charge on any atom is -0.493 e. The zero-order valence-electron chi connectivity index (χ0n) is 11.7. The van der Waals surface area contributed by atoms with E-state index in [4.69, 9.17) is 4.74 Å². The molecule has 0 amide bonds. The van der Waals surface area contributed by atoms with Crippen molar-refractivity contribution in [2.24, 2.45) is 5.92 Å². The van der Waals surface area contributed by atoms with E-state index in [1.54, 1.807) is 0 Å². The largest absolute Gasteiger partial charge is 0.493 e. The Kier molecular flexibility index (Phi) is 5.19. The van der Waals surface area contributed by atoms with E-state index >= 15 is 0 Å². The van der Waals surface area contributed by atoms with Gasteiger partial charge in [-0.3, -0.25) is 5.43 Å². The predicted octanol–water partition coefficient (Wildman–Crippen LogP) is 2.01. The number of aliphatic hydroxyl groups is 1. The molecule has 1 aromatic rings. The van der Waals surface area contributed by atoms with Crippen molar-refractivity contribution in [2.45, 2.75) is 38.8 Å². The van der Waals surface area contributed by atoms with Gasteiger partial charge in [0.25, 0.3) is 0 Å². The van der Waals surface area contributed by atoms with Crippen molar-refractivity contribution in [1.29, 1.82) is 0 Å². The second kappa shape index (κ2) is 6.89. The lowest BCUT2D eigenvalue weighted by Gasteiger charge is -2.21. The summed E-state index contributed by atoms with van der Waals surface area (Å²) in [5.74, 6) is 1.08. The topological polar surface area (TPSA) is 53.5 Å². The Hall–Kier alpha value is -1.10. The maximum Gasteiger partial charge on any atom is 0.124 e. The molecule has 0 radical (unpaired) electrons. The SMILES string of the molecule is CCCCOc1ccccc1C1NNC(C)C1CO. The fourth-order valence-corrected chi connectivity index (χ4v) is 2.49. The van der Waals surface area contributed by atoms with E-state index in [9.17, 15) is 5.11 Å². The number of aliphatic hydroxyl groups excluding tert-OH is 1. The van der Waals surface area contributed by atoms with Gasteiger partial charge in [0, 0.05) is 24.1 Å². The molecule has 0 bridgehead atoms. The van der Waals surface area contributed by atoms with Gasteiger partial charge < -0.3 is 9.84 Å². The summed E-state index contributed by atoms with van der Waals surface area (Å²) in [6.45, 7) is 5.14. The molecule has 1 aliphatic rings. The molecule has 0 aliphatic carbocycles. The number of nitrogens with one attached hydrogen (secondary N) is 2. The summed E-state index contributed by atoms with van der Waals surface area (Å²) in [5, 5.41) is 9.55. The van der Waals surface area contributed by atoms with E-state index in [1.807, 2.05) is 18.2 Å². The van der Waals surface area contributed by atoms with Crippen LogP contribution in [0.1, 0.15) is 38.3 Å². The lowest BCUT2D eigenvalue weighted by Crippen LogP contribution is -2.29. The molecular weight excluding hydrogens is 240 g/mol. The number of unbranched alkanes of at least 4 members (excludes halogenated alkanes) is 1. The van der Waals surface area contributed by atoms with E-state index in [1.165, 1.54) is 0 Å². The van der Waals surface area contributed by atoms with Gasteiger partial charge in [-0.15, -0.1) is 0 Å². The van der Waals surface area contributed by atoms with Crippen molar-refractivity contribution in [3.63, 3.8) is 0 Å². The molecule has 4 heteroatoms. The van der Waals surface area contributed by atoms with E-state index in [2.05, 4.69) is 30.8 Å². The van der Waals surface area contributed by atoms with E-state index < -0.39 is 0 Å². The van der Waals surface area contributed by atoms with Gasteiger partial charge in [-0.2, -0.15) is 0 Å². The maximum absolute atomic E-state index is 9.55. The Balaban J connectivity index is 2.14. The minimum absolute atomic E-state index is 0.0952. The lowest BCUT2D eigenvalue weighted by atomic mass is 9.90. The Morgan fingerprint density at radius 1 is 1.26 bits per heavy atom. The van der Waals surface area contributed by atoms with Crippen molar-refractivity contribution in [1.82, 2.24) is 10.9 Å². The van der Waals surface area contributed by atoms with Crippen LogP contribution in [0.4, 0.5) is 0 Å². The van der Waals surface area contributed by atoms with E-state index in [0.29, 0.717) is 0 Å². The molecule has 19 heavy (non-hydrogen) atoms. The third-order valence-corrected chi connectivity index (χ3v) is 3.76. The molecule has 4 nitrogen and oxygen atoms in total. The molecule has 106 valence electrons. The van der Waals surface area contributed by atoms with Crippen LogP contribution < -0.4 is 15.6 Å². The summed E-state index contributed by atoms with van der Waals surface area (Å²) in [4.78, 5) is 0. The summed E-state index contributed by atoms with van der Waals surface area (Å²) in [6.07, 6.45) is 2.19. The quantitative estimate of drug-likeness (QED) is 0.688. The molecule has 3 N–H and O–H groups in total. The van der Waals surface area contributed by atoms with E-state index in [-0.39, 0.29) is 24.6 Å². The van der Waals surface area contributed by atoms with Crippen LogP contribution in [0.25, 0.3) is 0 Å². The zero-order valence-corrected chi connectivity index (χ0v) is 11.7. The van der Waals surface area contributed by atoms with Crippen LogP contribution in [0.15, 0.2) is 24.3 Å². The number of hydrogen-bond donors (Lipinski definition) is 3. The minimum atomic E-state index is 0.0952. The monoisotopic (exact) mass is 264 g/mol. The van der Waals surface area contributed by atoms with Gasteiger partial charge in [0.1, 0.15) is 5.75 Å². The molecule has 1 aromatic carbocycles. The van der Waals surface area contributed by atoms with Gasteiger partial charge in [-0.05, 0) is 19.4 Å². The van der Waals surface area contributed by atoms with Gasteiger partial charge in [0.15, 0.2) is 0 Å². The summed E-state index contributed by atoms with van der Waals surface area (Å²) < 4.78 is 5.87. The Bertz CT molecular complexity index is 397. The number of hydrogen-bond acceptors (Lipinski definition) is 4. The molecule has 3 atom stereocenters. The maximum atomic E-state index is 9.55. The van der Waals surface area contributed by atoms with Crippen LogP contribution in [0.3, 0.4) is 0 Å². The number of rotatable bonds is 6. The third kappa shape index (κ3) is 3.26. The average molecular weight is 264 g/mol.